The molecular weight excluding hydrogens is 501 g/mol. The summed E-state index contributed by atoms with van der Waals surface area (Å²) in [7, 11) is 3.54. The molecule has 1 saturated heterocycles. The van der Waals surface area contributed by atoms with E-state index in [1.54, 1.807) is 7.11 Å². The Morgan fingerprint density at radius 1 is 1.06 bits per heavy atom. The van der Waals surface area contributed by atoms with Crippen molar-refractivity contribution in [3.63, 3.8) is 0 Å². The molecule has 0 saturated carbocycles. The molecule has 6 nitrogen and oxygen atoms in total. The molecule has 0 aromatic heterocycles. The quantitative estimate of drug-likeness (QED) is 0.187. The van der Waals surface area contributed by atoms with E-state index in [2.05, 4.69) is 80.4 Å². The van der Waals surface area contributed by atoms with Gasteiger partial charge in [-0.2, -0.15) is 0 Å². The summed E-state index contributed by atoms with van der Waals surface area (Å²) in [4.78, 5) is 6.96. The van der Waals surface area contributed by atoms with Gasteiger partial charge in [-0.1, -0.05) is 42.5 Å². The van der Waals surface area contributed by atoms with Crippen molar-refractivity contribution in [2.45, 2.75) is 32.0 Å². The van der Waals surface area contributed by atoms with Gasteiger partial charge < -0.3 is 20.7 Å². The molecule has 1 heterocycles. The van der Waals surface area contributed by atoms with Gasteiger partial charge in [0.2, 0.25) is 0 Å². The molecule has 3 N–H and O–H groups in total. The van der Waals surface area contributed by atoms with Crippen LogP contribution in [0.5, 0.6) is 0 Å². The highest BCUT2D eigenvalue weighted by Gasteiger charge is 2.24. The molecule has 0 radical (unpaired) electrons. The van der Waals surface area contributed by atoms with Gasteiger partial charge in [0.15, 0.2) is 5.96 Å². The average Bonchev–Trinajstić information content (AvgIpc) is 3.22. The maximum absolute atomic E-state index is 5.06. The first kappa shape index (κ1) is 25.4. The molecule has 2 aromatic carbocycles. The van der Waals surface area contributed by atoms with Gasteiger partial charge in [0, 0.05) is 52.1 Å². The number of ether oxygens (including phenoxy) is 1. The van der Waals surface area contributed by atoms with Crippen LogP contribution in [0.15, 0.2) is 59.6 Å². The molecule has 0 amide bonds. The van der Waals surface area contributed by atoms with E-state index in [4.69, 9.17) is 4.74 Å². The molecule has 0 aliphatic carbocycles. The number of nitrogens with zero attached hydrogens (tertiary/aromatic N) is 2. The second kappa shape index (κ2) is 14.3. The predicted octanol–water partition coefficient (Wildman–Crippen LogP) is 3.69. The van der Waals surface area contributed by atoms with Crippen LogP contribution in [-0.2, 0) is 17.8 Å². The van der Waals surface area contributed by atoms with Gasteiger partial charge in [-0.3, -0.25) is 9.89 Å². The molecular formula is C24H36IN5O. The van der Waals surface area contributed by atoms with Crippen molar-refractivity contribution in [1.29, 1.82) is 0 Å². The molecule has 1 unspecified atom stereocenters. The van der Waals surface area contributed by atoms with E-state index in [1.807, 2.05) is 7.05 Å². The largest absolute Gasteiger partial charge is 0.383 e. The molecule has 170 valence electrons. The molecule has 1 fully saturated rings. The number of likely N-dealkylation sites (tertiary alicyclic amines) is 1. The summed E-state index contributed by atoms with van der Waals surface area (Å²) in [6.45, 7) is 5.36. The smallest absolute Gasteiger partial charge is 0.191 e. The van der Waals surface area contributed by atoms with E-state index in [9.17, 15) is 0 Å². The number of halogens is 1. The van der Waals surface area contributed by atoms with Crippen LogP contribution in [0.25, 0.3) is 0 Å². The number of guanidine groups is 1. The molecule has 1 atom stereocenters. The van der Waals surface area contributed by atoms with Crippen LogP contribution in [-0.4, -0.2) is 57.3 Å². The monoisotopic (exact) mass is 537 g/mol. The average molecular weight is 537 g/mol. The highest BCUT2D eigenvalue weighted by atomic mass is 127. The van der Waals surface area contributed by atoms with E-state index in [0.717, 1.165) is 44.4 Å². The number of hydrogen-bond donors (Lipinski definition) is 3. The molecule has 2 aromatic rings. The maximum atomic E-state index is 5.06. The number of aliphatic imine (C=N–C) groups is 1. The third-order valence-corrected chi connectivity index (χ3v) is 5.51. The standard InChI is InChI=1S/C24H35N5O.HI/c1-25-24(27-17-20-10-12-22(13-11-20)26-14-16-30-2)28-18-23-9-6-15-29(23)19-21-7-4-3-5-8-21;/h3-5,7-8,10-13,23,26H,6,9,14-19H2,1-2H3,(H2,25,27,28);1H. The van der Waals surface area contributed by atoms with Crippen molar-refractivity contribution in [1.82, 2.24) is 15.5 Å². The summed E-state index contributed by atoms with van der Waals surface area (Å²) in [6, 6.07) is 19.7. The molecule has 31 heavy (non-hydrogen) atoms. The predicted molar refractivity (Wildman–Crippen MR) is 140 cm³/mol. The Hall–Kier alpha value is -1.84. The first-order chi connectivity index (χ1) is 14.8. The van der Waals surface area contributed by atoms with Gasteiger partial charge in [0.1, 0.15) is 0 Å². The summed E-state index contributed by atoms with van der Waals surface area (Å²) >= 11 is 0. The van der Waals surface area contributed by atoms with E-state index in [1.165, 1.54) is 24.0 Å². The summed E-state index contributed by atoms with van der Waals surface area (Å²) in [5.41, 5.74) is 3.71. The normalized spacial score (nSPS) is 16.6. The van der Waals surface area contributed by atoms with Crippen LogP contribution >= 0.6 is 24.0 Å². The topological polar surface area (TPSA) is 60.9 Å². The Labute approximate surface area is 203 Å². The number of benzene rings is 2. The van der Waals surface area contributed by atoms with Crippen molar-refractivity contribution in [2.24, 2.45) is 4.99 Å². The third kappa shape index (κ3) is 8.66. The summed E-state index contributed by atoms with van der Waals surface area (Å²) in [5, 5.41) is 10.3. The number of methoxy groups -OCH3 is 1. The van der Waals surface area contributed by atoms with E-state index < -0.39 is 0 Å². The van der Waals surface area contributed by atoms with Crippen LogP contribution in [0.3, 0.4) is 0 Å². The minimum atomic E-state index is 0. The fourth-order valence-corrected chi connectivity index (χ4v) is 3.81. The van der Waals surface area contributed by atoms with Crippen molar-refractivity contribution < 1.29 is 4.74 Å². The number of anilines is 1. The van der Waals surface area contributed by atoms with Crippen molar-refractivity contribution in [3.05, 3.63) is 65.7 Å². The van der Waals surface area contributed by atoms with Gasteiger partial charge >= 0.3 is 0 Å². The molecule has 1 aliphatic rings. The molecule has 0 spiro atoms. The Kier molecular flexibility index (Phi) is 11.7. The van der Waals surface area contributed by atoms with Crippen LogP contribution in [0.1, 0.15) is 24.0 Å². The SMILES string of the molecule is CN=C(NCc1ccc(NCCOC)cc1)NCC1CCCN1Cc1ccccc1.I. The van der Waals surface area contributed by atoms with E-state index in [-0.39, 0.29) is 24.0 Å². The minimum absolute atomic E-state index is 0. The fraction of sp³-hybridized carbons (Fsp3) is 0.458. The lowest BCUT2D eigenvalue weighted by Crippen LogP contribution is -2.44. The molecule has 7 heteroatoms. The second-order valence-electron chi connectivity index (χ2n) is 7.68. The van der Waals surface area contributed by atoms with Crippen LogP contribution in [0.2, 0.25) is 0 Å². The Bertz CT molecular complexity index is 769. The Morgan fingerprint density at radius 2 is 1.84 bits per heavy atom. The lowest BCUT2D eigenvalue weighted by Gasteiger charge is -2.25. The van der Waals surface area contributed by atoms with Crippen LogP contribution in [0, 0.1) is 0 Å². The van der Waals surface area contributed by atoms with Gasteiger partial charge in [0.05, 0.1) is 6.61 Å². The van der Waals surface area contributed by atoms with Crippen LogP contribution in [0.4, 0.5) is 5.69 Å². The first-order valence-corrected chi connectivity index (χ1v) is 10.8. The highest BCUT2D eigenvalue weighted by Crippen LogP contribution is 2.19. The van der Waals surface area contributed by atoms with Gasteiger partial charge in [-0.15, -0.1) is 24.0 Å². The number of nitrogens with one attached hydrogen (secondary N) is 3. The number of rotatable bonds is 10. The van der Waals surface area contributed by atoms with Gasteiger partial charge in [-0.25, -0.2) is 0 Å². The first-order valence-electron chi connectivity index (χ1n) is 10.8. The number of hydrogen-bond acceptors (Lipinski definition) is 4. The van der Waals surface area contributed by atoms with Crippen molar-refractivity contribution >= 4 is 35.6 Å². The Morgan fingerprint density at radius 3 is 2.55 bits per heavy atom. The van der Waals surface area contributed by atoms with E-state index in [0.29, 0.717) is 12.6 Å². The maximum Gasteiger partial charge on any atom is 0.191 e. The van der Waals surface area contributed by atoms with Crippen LogP contribution < -0.4 is 16.0 Å². The lowest BCUT2D eigenvalue weighted by molar-refractivity contribution is 0.211. The summed E-state index contributed by atoms with van der Waals surface area (Å²) < 4.78 is 5.06. The molecule has 3 rings (SSSR count). The zero-order chi connectivity index (χ0) is 21.0. The summed E-state index contributed by atoms with van der Waals surface area (Å²) in [5.74, 6) is 0.851. The van der Waals surface area contributed by atoms with Crippen molar-refractivity contribution in [3.8, 4) is 0 Å². The molecule has 0 bridgehead atoms. The fourth-order valence-electron chi connectivity index (χ4n) is 3.81. The van der Waals surface area contributed by atoms with Crippen molar-refractivity contribution in [2.75, 3.05) is 45.7 Å². The molecule has 1 aliphatic heterocycles. The Balaban J connectivity index is 0.00000341. The lowest BCUT2D eigenvalue weighted by atomic mass is 10.2. The minimum Gasteiger partial charge on any atom is -0.383 e. The third-order valence-electron chi connectivity index (χ3n) is 5.51. The highest BCUT2D eigenvalue weighted by molar-refractivity contribution is 14.0. The van der Waals surface area contributed by atoms with E-state index >= 15 is 0 Å². The zero-order valence-corrected chi connectivity index (χ0v) is 21.0. The van der Waals surface area contributed by atoms with Gasteiger partial charge in [0.25, 0.3) is 0 Å². The zero-order valence-electron chi connectivity index (χ0n) is 18.6. The van der Waals surface area contributed by atoms with Gasteiger partial charge in [-0.05, 0) is 42.6 Å². The summed E-state index contributed by atoms with van der Waals surface area (Å²) in [6.07, 6.45) is 2.49. The second-order valence-corrected chi connectivity index (χ2v) is 7.68.